The molecule has 2 N–H and O–H groups in total. The van der Waals surface area contributed by atoms with E-state index in [1.165, 1.54) is 6.33 Å². The second-order valence-electron chi connectivity index (χ2n) is 3.96. The number of hydrogen-bond donors (Lipinski definition) is 1. The summed E-state index contributed by atoms with van der Waals surface area (Å²) in [7, 11) is 0. The molecule has 1 aromatic carbocycles. The number of nitrogen functional groups attached to an aromatic ring is 1. The van der Waals surface area contributed by atoms with Crippen molar-refractivity contribution in [2.75, 3.05) is 5.73 Å². The summed E-state index contributed by atoms with van der Waals surface area (Å²) >= 11 is 12.1. The highest BCUT2D eigenvalue weighted by atomic mass is 35.5. The van der Waals surface area contributed by atoms with E-state index in [9.17, 15) is 0 Å². The Hall–Kier alpha value is -1.32. The van der Waals surface area contributed by atoms with Gasteiger partial charge in [0.05, 0.1) is 10.7 Å². The van der Waals surface area contributed by atoms with Gasteiger partial charge in [-0.1, -0.05) is 36.5 Å². The van der Waals surface area contributed by atoms with E-state index < -0.39 is 0 Å². The number of aromatic nitrogens is 2. The van der Waals surface area contributed by atoms with Gasteiger partial charge in [-0.3, -0.25) is 0 Å². The molecule has 1 aromatic heterocycles. The van der Waals surface area contributed by atoms with Crippen LogP contribution >= 0.6 is 23.2 Å². The third kappa shape index (κ3) is 2.57. The van der Waals surface area contributed by atoms with Crippen LogP contribution in [0.25, 0.3) is 11.3 Å². The minimum Gasteiger partial charge on any atom is -0.383 e. The van der Waals surface area contributed by atoms with Crippen LogP contribution in [-0.2, 0) is 6.42 Å². The van der Waals surface area contributed by atoms with E-state index in [0.29, 0.717) is 15.9 Å². The van der Waals surface area contributed by atoms with Crippen LogP contribution in [0, 0.1) is 0 Å². The fourth-order valence-corrected chi connectivity index (χ4v) is 2.33. The highest BCUT2D eigenvalue weighted by Gasteiger charge is 2.13. The van der Waals surface area contributed by atoms with Crippen molar-refractivity contribution in [2.24, 2.45) is 0 Å². The van der Waals surface area contributed by atoms with E-state index in [1.807, 2.05) is 6.07 Å². The van der Waals surface area contributed by atoms with Gasteiger partial charge in [0.1, 0.15) is 12.1 Å². The third-order valence-electron chi connectivity index (χ3n) is 2.66. The average molecular weight is 282 g/mol. The van der Waals surface area contributed by atoms with Gasteiger partial charge in [-0.05, 0) is 24.6 Å². The number of nitrogens with zero attached hydrogens (tertiary/aromatic N) is 2. The van der Waals surface area contributed by atoms with Gasteiger partial charge in [0.2, 0.25) is 0 Å². The number of rotatable bonds is 3. The summed E-state index contributed by atoms with van der Waals surface area (Å²) in [5, 5.41) is 1.17. The van der Waals surface area contributed by atoms with Crippen LogP contribution in [0.4, 0.5) is 5.82 Å². The van der Waals surface area contributed by atoms with Crippen LogP contribution in [0.1, 0.15) is 18.9 Å². The van der Waals surface area contributed by atoms with Gasteiger partial charge in [0.25, 0.3) is 0 Å². The molecule has 3 nitrogen and oxygen atoms in total. The predicted octanol–water partition coefficient (Wildman–Crippen LogP) is 3.99. The largest absolute Gasteiger partial charge is 0.383 e. The summed E-state index contributed by atoms with van der Waals surface area (Å²) in [6.45, 7) is 2.08. The molecule has 0 aliphatic heterocycles. The fourth-order valence-electron chi connectivity index (χ4n) is 1.84. The molecule has 18 heavy (non-hydrogen) atoms. The minimum atomic E-state index is 0.507. The zero-order valence-corrected chi connectivity index (χ0v) is 11.5. The van der Waals surface area contributed by atoms with Crippen LogP contribution in [0.5, 0.6) is 0 Å². The Kier molecular flexibility index (Phi) is 4.04. The predicted molar refractivity (Wildman–Crippen MR) is 75.9 cm³/mol. The van der Waals surface area contributed by atoms with Crippen molar-refractivity contribution in [1.29, 1.82) is 0 Å². The molecule has 0 spiro atoms. The molecule has 0 fully saturated rings. The lowest BCUT2D eigenvalue weighted by Crippen LogP contribution is -2.02. The van der Waals surface area contributed by atoms with Crippen molar-refractivity contribution in [3.8, 4) is 11.3 Å². The summed E-state index contributed by atoms with van der Waals surface area (Å²) < 4.78 is 0. The van der Waals surface area contributed by atoms with E-state index in [-0.39, 0.29) is 0 Å². The van der Waals surface area contributed by atoms with Crippen molar-refractivity contribution in [3.63, 3.8) is 0 Å². The SMILES string of the molecule is CCCc1c(N)ncnc1-c1ccc(Cl)cc1Cl. The van der Waals surface area contributed by atoms with Crippen molar-refractivity contribution in [1.82, 2.24) is 9.97 Å². The van der Waals surface area contributed by atoms with Crippen LogP contribution in [0.2, 0.25) is 10.0 Å². The Balaban J connectivity index is 2.59. The zero-order valence-electron chi connectivity index (χ0n) is 9.95. The summed E-state index contributed by atoms with van der Waals surface area (Å²) in [5.41, 5.74) is 8.45. The maximum absolute atomic E-state index is 6.20. The molecule has 0 bridgehead atoms. The summed E-state index contributed by atoms with van der Waals surface area (Å²) in [4.78, 5) is 8.33. The van der Waals surface area contributed by atoms with Gasteiger partial charge in [0, 0.05) is 16.1 Å². The molecular weight excluding hydrogens is 269 g/mol. The van der Waals surface area contributed by atoms with Gasteiger partial charge in [-0.2, -0.15) is 0 Å². The van der Waals surface area contributed by atoms with Gasteiger partial charge >= 0.3 is 0 Å². The molecule has 0 saturated carbocycles. The first-order chi connectivity index (χ1) is 8.63. The Labute approximate surface area is 116 Å². The highest BCUT2D eigenvalue weighted by Crippen LogP contribution is 2.32. The van der Waals surface area contributed by atoms with Gasteiger partial charge < -0.3 is 5.73 Å². The van der Waals surface area contributed by atoms with E-state index in [0.717, 1.165) is 29.7 Å². The number of benzene rings is 1. The van der Waals surface area contributed by atoms with Crippen molar-refractivity contribution in [2.45, 2.75) is 19.8 Å². The highest BCUT2D eigenvalue weighted by molar-refractivity contribution is 6.36. The summed E-state index contributed by atoms with van der Waals surface area (Å²) in [6.07, 6.45) is 3.24. The fraction of sp³-hybridized carbons (Fsp3) is 0.231. The van der Waals surface area contributed by atoms with E-state index in [1.54, 1.807) is 12.1 Å². The molecule has 0 radical (unpaired) electrons. The minimum absolute atomic E-state index is 0.507. The second kappa shape index (κ2) is 5.55. The molecule has 0 aliphatic rings. The average Bonchev–Trinajstić information content (AvgIpc) is 2.32. The maximum atomic E-state index is 6.20. The normalized spacial score (nSPS) is 10.6. The van der Waals surface area contributed by atoms with Gasteiger partial charge in [-0.15, -0.1) is 0 Å². The first kappa shape index (κ1) is 13.1. The Morgan fingerprint density at radius 2 is 2.00 bits per heavy atom. The first-order valence-electron chi connectivity index (χ1n) is 5.68. The molecular formula is C13H13Cl2N3. The Morgan fingerprint density at radius 3 is 2.67 bits per heavy atom. The number of nitrogens with two attached hydrogens (primary N) is 1. The van der Waals surface area contributed by atoms with E-state index in [2.05, 4.69) is 16.9 Å². The van der Waals surface area contributed by atoms with Crippen LogP contribution in [-0.4, -0.2) is 9.97 Å². The summed E-state index contributed by atoms with van der Waals surface area (Å²) in [6, 6.07) is 5.34. The molecule has 0 amide bonds. The van der Waals surface area contributed by atoms with Crippen molar-refractivity contribution < 1.29 is 0 Å². The molecule has 0 atom stereocenters. The second-order valence-corrected chi connectivity index (χ2v) is 4.80. The Bertz CT molecular complexity index is 570. The van der Waals surface area contributed by atoms with Crippen LogP contribution in [0.15, 0.2) is 24.5 Å². The first-order valence-corrected chi connectivity index (χ1v) is 6.43. The lowest BCUT2D eigenvalue weighted by Gasteiger charge is -2.11. The molecule has 5 heteroatoms. The molecule has 0 saturated heterocycles. The quantitative estimate of drug-likeness (QED) is 0.926. The standard InChI is InChI=1S/C13H13Cl2N3/c1-2-3-10-12(17-7-18-13(10)16)9-5-4-8(14)6-11(9)15/h4-7H,2-3H2,1H3,(H2,16,17,18). The Morgan fingerprint density at radius 1 is 1.22 bits per heavy atom. The van der Waals surface area contributed by atoms with Crippen molar-refractivity contribution >= 4 is 29.0 Å². The number of halogens is 2. The zero-order chi connectivity index (χ0) is 13.1. The number of hydrogen-bond acceptors (Lipinski definition) is 3. The molecule has 2 rings (SSSR count). The molecule has 94 valence electrons. The van der Waals surface area contributed by atoms with Crippen LogP contribution in [0.3, 0.4) is 0 Å². The molecule has 0 aliphatic carbocycles. The topological polar surface area (TPSA) is 51.8 Å². The lowest BCUT2D eigenvalue weighted by atomic mass is 10.0. The summed E-state index contributed by atoms with van der Waals surface area (Å²) in [5.74, 6) is 0.507. The lowest BCUT2D eigenvalue weighted by molar-refractivity contribution is 0.908. The maximum Gasteiger partial charge on any atom is 0.130 e. The van der Waals surface area contributed by atoms with Crippen molar-refractivity contribution in [3.05, 3.63) is 40.1 Å². The molecule has 0 unspecified atom stereocenters. The van der Waals surface area contributed by atoms with Gasteiger partial charge in [0.15, 0.2) is 0 Å². The smallest absolute Gasteiger partial charge is 0.130 e. The molecule has 1 heterocycles. The third-order valence-corrected chi connectivity index (χ3v) is 3.21. The van der Waals surface area contributed by atoms with E-state index >= 15 is 0 Å². The monoisotopic (exact) mass is 281 g/mol. The van der Waals surface area contributed by atoms with E-state index in [4.69, 9.17) is 28.9 Å². The van der Waals surface area contributed by atoms with Gasteiger partial charge in [-0.25, -0.2) is 9.97 Å². The number of anilines is 1. The molecule has 2 aromatic rings. The van der Waals surface area contributed by atoms with Crippen LogP contribution < -0.4 is 5.73 Å².